The molecular weight excluding hydrogens is 492 g/mol. The molecular formula is C30H36N6O3. The highest BCUT2D eigenvalue weighted by molar-refractivity contribution is 5.92. The molecule has 3 rings (SSSR count). The zero-order chi connectivity index (χ0) is 28.4. The van der Waals surface area contributed by atoms with Gasteiger partial charge in [-0.15, -0.1) is 0 Å². The minimum atomic E-state index is -0.915. The molecule has 0 saturated carbocycles. The lowest BCUT2D eigenvalue weighted by Gasteiger charge is -2.38. The lowest BCUT2D eigenvalue weighted by molar-refractivity contribution is -0.142. The fraction of sp³-hybridized carbons (Fsp3) is 0.267. The van der Waals surface area contributed by atoms with Crippen molar-refractivity contribution in [2.75, 3.05) is 6.54 Å². The Hall–Kier alpha value is -4.66. The molecule has 0 saturated heterocycles. The third-order valence-electron chi connectivity index (χ3n) is 6.62. The number of hydrogen-bond donors (Lipinski definition) is 4. The Morgan fingerprint density at radius 3 is 1.77 bits per heavy atom. The average molecular weight is 529 g/mol. The number of primary amides is 2. The first-order chi connectivity index (χ1) is 18.7. The van der Waals surface area contributed by atoms with Crippen LogP contribution < -0.4 is 22.9 Å². The van der Waals surface area contributed by atoms with E-state index in [2.05, 4.69) is 4.99 Å². The van der Waals surface area contributed by atoms with E-state index >= 15 is 0 Å². The number of amides is 3. The number of aliphatic imine (C=N–C) groups is 1. The van der Waals surface area contributed by atoms with Crippen molar-refractivity contribution in [3.8, 4) is 0 Å². The van der Waals surface area contributed by atoms with E-state index in [9.17, 15) is 14.4 Å². The molecule has 3 aromatic carbocycles. The number of nitrogens with two attached hydrogens (primary N) is 4. The van der Waals surface area contributed by atoms with Crippen molar-refractivity contribution in [3.05, 3.63) is 107 Å². The van der Waals surface area contributed by atoms with Crippen molar-refractivity contribution in [1.82, 2.24) is 4.90 Å². The molecule has 0 spiro atoms. The summed E-state index contributed by atoms with van der Waals surface area (Å²) in [5.74, 6) is -2.02. The van der Waals surface area contributed by atoms with Gasteiger partial charge in [-0.1, -0.05) is 84.9 Å². The fourth-order valence-corrected chi connectivity index (χ4v) is 4.72. The van der Waals surface area contributed by atoms with Gasteiger partial charge >= 0.3 is 0 Å². The highest BCUT2D eigenvalue weighted by Crippen LogP contribution is 2.33. The summed E-state index contributed by atoms with van der Waals surface area (Å²) < 4.78 is 0. The second-order valence-electron chi connectivity index (χ2n) is 9.43. The lowest BCUT2D eigenvalue weighted by atomic mass is 9.88. The summed E-state index contributed by atoms with van der Waals surface area (Å²) in [4.78, 5) is 44.4. The number of carbonyl (C=O) groups is 3. The summed E-state index contributed by atoms with van der Waals surface area (Å²) >= 11 is 0. The first-order valence-corrected chi connectivity index (χ1v) is 12.8. The fourth-order valence-electron chi connectivity index (χ4n) is 4.72. The van der Waals surface area contributed by atoms with Crippen LogP contribution in [0.2, 0.25) is 0 Å². The van der Waals surface area contributed by atoms with E-state index in [1.54, 1.807) is 17.0 Å². The second kappa shape index (κ2) is 13.8. The maximum absolute atomic E-state index is 14.5. The Bertz CT molecular complexity index is 1240. The third-order valence-corrected chi connectivity index (χ3v) is 6.62. The molecule has 0 radical (unpaired) electrons. The molecule has 3 amide bonds. The molecule has 39 heavy (non-hydrogen) atoms. The van der Waals surface area contributed by atoms with Crippen LogP contribution in [0.15, 0.2) is 89.9 Å². The van der Waals surface area contributed by atoms with Crippen LogP contribution in [0.5, 0.6) is 0 Å². The van der Waals surface area contributed by atoms with Crippen LogP contribution >= 0.6 is 0 Å². The molecule has 9 heteroatoms. The number of carbonyl (C=O) groups excluding carboxylic acids is 3. The summed E-state index contributed by atoms with van der Waals surface area (Å²) in [5, 5.41) is 0. The molecule has 0 unspecified atom stereocenters. The van der Waals surface area contributed by atoms with Crippen LogP contribution in [0, 0.1) is 0 Å². The molecule has 2 atom stereocenters. The average Bonchev–Trinajstić information content (AvgIpc) is 2.91. The summed E-state index contributed by atoms with van der Waals surface area (Å²) in [6, 6.07) is 24.7. The summed E-state index contributed by atoms with van der Waals surface area (Å²) in [6.45, 7) is 2.16. The van der Waals surface area contributed by atoms with Gasteiger partial charge in [-0.25, -0.2) is 0 Å². The Balaban J connectivity index is 2.07. The van der Waals surface area contributed by atoms with Gasteiger partial charge in [-0.3, -0.25) is 19.4 Å². The Morgan fingerprint density at radius 1 is 0.769 bits per heavy atom. The van der Waals surface area contributed by atoms with E-state index < -0.39 is 29.8 Å². The quantitative estimate of drug-likeness (QED) is 0.151. The van der Waals surface area contributed by atoms with Gasteiger partial charge in [0.05, 0.1) is 18.4 Å². The van der Waals surface area contributed by atoms with Crippen molar-refractivity contribution in [3.63, 3.8) is 0 Å². The van der Waals surface area contributed by atoms with E-state index in [4.69, 9.17) is 22.9 Å². The van der Waals surface area contributed by atoms with Crippen LogP contribution in [0.25, 0.3) is 0 Å². The van der Waals surface area contributed by atoms with Gasteiger partial charge in [0.1, 0.15) is 6.04 Å². The third kappa shape index (κ3) is 7.91. The molecule has 0 aliphatic heterocycles. The van der Waals surface area contributed by atoms with Gasteiger partial charge in [-0.2, -0.15) is 0 Å². The highest BCUT2D eigenvalue weighted by Gasteiger charge is 2.37. The monoisotopic (exact) mass is 528 g/mol. The minimum Gasteiger partial charge on any atom is -0.370 e. The van der Waals surface area contributed by atoms with Crippen LogP contribution in [0.4, 0.5) is 0 Å². The zero-order valence-electron chi connectivity index (χ0n) is 22.1. The van der Waals surface area contributed by atoms with Crippen LogP contribution in [0.3, 0.4) is 0 Å². The van der Waals surface area contributed by atoms with Crippen molar-refractivity contribution in [2.24, 2.45) is 27.9 Å². The molecule has 3 aromatic rings. The predicted octanol–water partition coefficient (Wildman–Crippen LogP) is 2.34. The van der Waals surface area contributed by atoms with E-state index in [-0.39, 0.29) is 24.7 Å². The maximum Gasteiger partial charge on any atom is 0.240 e. The number of hydrogen-bond acceptors (Lipinski definition) is 4. The standard InChI is InChI=1S/C30H36N6O3/c1-20(22-16-14-21(15-17-22)19-26(31)37)36(25(28(32)38)13-8-18-35-30(33)34)29(39)27(23-9-4-2-5-10-23)24-11-6-3-7-12-24/h2-7,9-12,14-17,20,25,27H,8,13,18-19H2,1H3,(H2,31,37)(H2,32,38)(H4,33,34,35)/t20-,25-/m1/s1. The van der Waals surface area contributed by atoms with Crippen molar-refractivity contribution in [1.29, 1.82) is 0 Å². The van der Waals surface area contributed by atoms with Crippen molar-refractivity contribution < 1.29 is 14.4 Å². The van der Waals surface area contributed by atoms with E-state index in [0.717, 1.165) is 22.3 Å². The number of rotatable bonds is 13. The molecule has 0 aliphatic rings. The van der Waals surface area contributed by atoms with Crippen molar-refractivity contribution in [2.45, 2.75) is 44.2 Å². The van der Waals surface area contributed by atoms with Gasteiger partial charge in [0.15, 0.2) is 5.96 Å². The first-order valence-electron chi connectivity index (χ1n) is 12.8. The van der Waals surface area contributed by atoms with E-state index in [1.807, 2.05) is 79.7 Å². The summed E-state index contributed by atoms with van der Waals surface area (Å²) in [6.07, 6.45) is 0.829. The van der Waals surface area contributed by atoms with Gasteiger partial charge in [0, 0.05) is 6.54 Å². The van der Waals surface area contributed by atoms with Gasteiger partial charge < -0.3 is 27.8 Å². The molecule has 0 fully saturated rings. The molecule has 9 nitrogen and oxygen atoms in total. The summed E-state index contributed by atoms with van der Waals surface area (Å²) in [7, 11) is 0. The predicted molar refractivity (Wildman–Crippen MR) is 152 cm³/mol. The van der Waals surface area contributed by atoms with E-state index in [0.29, 0.717) is 13.0 Å². The molecule has 0 bridgehead atoms. The smallest absolute Gasteiger partial charge is 0.240 e. The number of benzene rings is 3. The normalized spacial score (nSPS) is 12.4. The highest BCUT2D eigenvalue weighted by atomic mass is 16.2. The van der Waals surface area contributed by atoms with Gasteiger partial charge in [-0.05, 0) is 42.0 Å². The van der Waals surface area contributed by atoms with Gasteiger partial charge in [0.25, 0.3) is 0 Å². The number of guanidine groups is 1. The lowest BCUT2D eigenvalue weighted by Crippen LogP contribution is -2.50. The minimum absolute atomic E-state index is 0.0452. The molecule has 0 aromatic heterocycles. The van der Waals surface area contributed by atoms with Crippen LogP contribution in [0.1, 0.15) is 54.0 Å². The van der Waals surface area contributed by atoms with Crippen LogP contribution in [-0.4, -0.2) is 41.2 Å². The topological polar surface area (TPSA) is 171 Å². The Morgan fingerprint density at radius 2 is 1.31 bits per heavy atom. The maximum atomic E-state index is 14.5. The Kier molecular flexibility index (Phi) is 10.2. The second-order valence-corrected chi connectivity index (χ2v) is 9.43. The Labute approximate surface area is 228 Å². The first kappa shape index (κ1) is 28.9. The van der Waals surface area contributed by atoms with Crippen molar-refractivity contribution >= 4 is 23.7 Å². The molecule has 8 N–H and O–H groups in total. The summed E-state index contributed by atoms with van der Waals surface area (Å²) in [5.41, 5.74) is 25.3. The van der Waals surface area contributed by atoms with Crippen LogP contribution in [-0.2, 0) is 20.8 Å². The van der Waals surface area contributed by atoms with Gasteiger partial charge in [0.2, 0.25) is 17.7 Å². The number of nitrogens with zero attached hydrogens (tertiary/aromatic N) is 2. The molecule has 204 valence electrons. The molecule has 0 heterocycles. The largest absolute Gasteiger partial charge is 0.370 e. The van der Waals surface area contributed by atoms with E-state index in [1.165, 1.54) is 0 Å². The zero-order valence-corrected chi connectivity index (χ0v) is 22.1. The SMILES string of the molecule is C[C@H](c1ccc(CC(N)=O)cc1)N(C(=O)C(c1ccccc1)c1ccccc1)[C@H](CCCN=C(N)N)C(N)=O. The molecule has 0 aliphatic carbocycles.